The van der Waals surface area contributed by atoms with E-state index in [0.29, 0.717) is 25.2 Å². The van der Waals surface area contributed by atoms with Gasteiger partial charge in [0.25, 0.3) is 5.91 Å². The maximum Gasteiger partial charge on any atom is 0.257 e. The minimum absolute atomic E-state index is 0.0194. The van der Waals surface area contributed by atoms with Gasteiger partial charge in [0, 0.05) is 46.0 Å². The van der Waals surface area contributed by atoms with E-state index in [4.69, 9.17) is 0 Å². The summed E-state index contributed by atoms with van der Waals surface area (Å²) in [6, 6.07) is 0.0650. The molecule has 1 unspecified atom stereocenters. The van der Waals surface area contributed by atoms with Crippen LogP contribution in [0.1, 0.15) is 17.3 Å². The van der Waals surface area contributed by atoms with Crippen LogP contribution in [0.15, 0.2) is 25.0 Å². The SMILES string of the molecule is CC1CN(c2ncnc3c2ncn3C)CCN1C(=O)c1cnn(C)c1. The number of anilines is 1. The highest BCUT2D eigenvalue weighted by molar-refractivity contribution is 5.94. The van der Waals surface area contributed by atoms with E-state index in [-0.39, 0.29) is 11.9 Å². The second-order valence-corrected chi connectivity index (χ2v) is 6.42. The van der Waals surface area contributed by atoms with Crippen molar-refractivity contribution in [2.75, 3.05) is 24.5 Å². The maximum absolute atomic E-state index is 12.7. The van der Waals surface area contributed by atoms with Gasteiger partial charge in [-0.1, -0.05) is 0 Å². The van der Waals surface area contributed by atoms with E-state index in [1.54, 1.807) is 29.7 Å². The average Bonchev–Trinajstić information content (AvgIpc) is 3.20. The molecule has 0 aliphatic carbocycles. The number of nitrogens with zero attached hydrogens (tertiary/aromatic N) is 8. The highest BCUT2D eigenvalue weighted by Crippen LogP contribution is 2.24. The van der Waals surface area contributed by atoms with E-state index in [0.717, 1.165) is 17.0 Å². The van der Waals surface area contributed by atoms with Gasteiger partial charge in [-0.2, -0.15) is 5.10 Å². The van der Waals surface area contributed by atoms with Gasteiger partial charge in [-0.15, -0.1) is 0 Å². The Morgan fingerprint density at radius 1 is 1.20 bits per heavy atom. The van der Waals surface area contributed by atoms with E-state index >= 15 is 0 Å². The molecule has 1 amide bonds. The zero-order valence-electron chi connectivity index (χ0n) is 14.5. The van der Waals surface area contributed by atoms with Gasteiger partial charge in [-0.3, -0.25) is 9.48 Å². The molecule has 0 spiro atoms. The van der Waals surface area contributed by atoms with E-state index in [1.165, 1.54) is 0 Å². The Labute approximate surface area is 144 Å². The number of fused-ring (bicyclic) bond motifs is 1. The molecule has 4 rings (SSSR count). The van der Waals surface area contributed by atoms with Crippen molar-refractivity contribution < 1.29 is 4.79 Å². The van der Waals surface area contributed by atoms with E-state index < -0.39 is 0 Å². The molecule has 130 valence electrons. The van der Waals surface area contributed by atoms with Crippen LogP contribution in [0.5, 0.6) is 0 Å². The highest BCUT2D eigenvalue weighted by atomic mass is 16.2. The Morgan fingerprint density at radius 2 is 2.04 bits per heavy atom. The summed E-state index contributed by atoms with van der Waals surface area (Å²) in [7, 11) is 3.73. The Morgan fingerprint density at radius 3 is 2.76 bits per heavy atom. The van der Waals surface area contributed by atoms with E-state index in [2.05, 4.69) is 31.9 Å². The van der Waals surface area contributed by atoms with Gasteiger partial charge in [0.2, 0.25) is 0 Å². The number of carbonyl (C=O) groups is 1. The second kappa shape index (κ2) is 5.83. The molecule has 0 aromatic carbocycles. The first-order chi connectivity index (χ1) is 12.0. The first kappa shape index (κ1) is 15.6. The predicted molar refractivity (Wildman–Crippen MR) is 92.2 cm³/mol. The fourth-order valence-corrected chi connectivity index (χ4v) is 3.31. The number of imidazole rings is 1. The third-order valence-electron chi connectivity index (χ3n) is 4.62. The van der Waals surface area contributed by atoms with Crippen LogP contribution >= 0.6 is 0 Å². The van der Waals surface area contributed by atoms with Crippen LogP contribution in [0.3, 0.4) is 0 Å². The van der Waals surface area contributed by atoms with Crippen LogP contribution < -0.4 is 4.90 Å². The number of amides is 1. The fourth-order valence-electron chi connectivity index (χ4n) is 3.31. The molecular weight excluding hydrogens is 320 g/mol. The van der Waals surface area contributed by atoms with Crippen molar-refractivity contribution in [3.8, 4) is 0 Å². The molecule has 1 saturated heterocycles. The fraction of sp³-hybridized carbons (Fsp3) is 0.438. The zero-order valence-corrected chi connectivity index (χ0v) is 14.5. The summed E-state index contributed by atoms with van der Waals surface area (Å²) in [6.07, 6.45) is 6.68. The standard InChI is InChI=1S/C16H20N8O/c1-11-7-23(15-13-14(17-9-18-15)21(2)10-19-13)4-5-24(11)16(25)12-6-20-22(3)8-12/h6,8-11H,4-5,7H2,1-3H3. The lowest BCUT2D eigenvalue weighted by molar-refractivity contribution is 0.0674. The summed E-state index contributed by atoms with van der Waals surface area (Å²) in [4.78, 5) is 29.9. The molecule has 0 N–H and O–H groups in total. The minimum atomic E-state index is 0.0194. The van der Waals surface area contributed by atoms with Gasteiger partial charge in [-0.05, 0) is 6.92 Å². The van der Waals surface area contributed by atoms with Crippen LogP contribution in [0.4, 0.5) is 5.82 Å². The maximum atomic E-state index is 12.7. The summed E-state index contributed by atoms with van der Waals surface area (Å²) in [5.41, 5.74) is 2.23. The predicted octanol–water partition coefficient (Wildman–Crippen LogP) is 0.448. The Balaban J connectivity index is 1.56. The molecular formula is C16H20N8O. The first-order valence-corrected chi connectivity index (χ1v) is 8.21. The van der Waals surface area contributed by atoms with E-state index in [1.807, 2.05) is 23.6 Å². The number of hydrogen-bond donors (Lipinski definition) is 0. The molecule has 1 aliphatic heterocycles. The van der Waals surface area contributed by atoms with Crippen LogP contribution in [-0.2, 0) is 14.1 Å². The summed E-state index contributed by atoms with van der Waals surface area (Å²) in [5.74, 6) is 0.844. The summed E-state index contributed by atoms with van der Waals surface area (Å²) in [5, 5.41) is 4.09. The molecule has 9 heteroatoms. The van der Waals surface area contributed by atoms with Crippen molar-refractivity contribution in [3.63, 3.8) is 0 Å². The molecule has 3 aromatic rings. The van der Waals surface area contributed by atoms with Crippen LogP contribution in [0.25, 0.3) is 11.2 Å². The Kier molecular flexibility index (Phi) is 3.63. The number of carbonyl (C=O) groups excluding carboxylic acids is 1. The van der Waals surface area contributed by atoms with Gasteiger partial charge < -0.3 is 14.4 Å². The number of aromatic nitrogens is 6. The number of rotatable bonds is 2. The normalized spacial score (nSPS) is 18.1. The van der Waals surface area contributed by atoms with Crippen LogP contribution in [0.2, 0.25) is 0 Å². The highest BCUT2D eigenvalue weighted by Gasteiger charge is 2.30. The van der Waals surface area contributed by atoms with Crippen molar-refractivity contribution >= 4 is 22.9 Å². The molecule has 25 heavy (non-hydrogen) atoms. The van der Waals surface area contributed by atoms with Gasteiger partial charge >= 0.3 is 0 Å². The van der Waals surface area contributed by atoms with Crippen molar-refractivity contribution in [3.05, 3.63) is 30.6 Å². The number of hydrogen-bond acceptors (Lipinski definition) is 6. The number of piperazine rings is 1. The average molecular weight is 340 g/mol. The third-order valence-corrected chi connectivity index (χ3v) is 4.62. The molecule has 4 heterocycles. The minimum Gasteiger partial charge on any atom is -0.351 e. The van der Waals surface area contributed by atoms with Gasteiger partial charge in [0.15, 0.2) is 17.0 Å². The zero-order chi connectivity index (χ0) is 17.6. The quantitative estimate of drug-likeness (QED) is 0.673. The molecule has 9 nitrogen and oxygen atoms in total. The molecule has 1 aliphatic rings. The summed E-state index contributed by atoms with van der Waals surface area (Å²) < 4.78 is 3.53. The van der Waals surface area contributed by atoms with Gasteiger partial charge in [0.05, 0.1) is 18.1 Å². The summed E-state index contributed by atoms with van der Waals surface area (Å²) in [6.45, 7) is 4.10. The monoisotopic (exact) mass is 340 g/mol. The lowest BCUT2D eigenvalue weighted by Crippen LogP contribution is -2.54. The van der Waals surface area contributed by atoms with Gasteiger partial charge in [-0.25, -0.2) is 15.0 Å². The lowest BCUT2D eigenvalue weighted by Gasteiger charge is -2.40. The van der Waals surface area contributed by atoms with Crippen LogP contribution in [-0.4, -0.2) is 65.8 Å². The van der Waals surface area contributed by atoms with Crippen molar-refractivity contribution in [2.24, 2.45) is 14.1 Å². The van der Waals surface area contributed by atoms with Crippen molar-refractivity contribution in [1.82, 2.24) is 34.2 Å². The molecule has 1 fully saturated rings. The molecule has 0 radical (unpaired) electrons. The largest absolute Gasteiger partial charge is 0.351 e. The van der Waals surface area contributed by atoms with Crippen molar-refractivity contribution in [1.29, 1.82) is 0 Å². The van der Waals surface area contributed by atoms with Gasteiger partial charge in [0.1, 0.15) is 6.33 Å². The summed E-state index contributed by atoms with van der Waals surface area (Å²) >= 11 is 0. The second-order valence-electron chi connectivity index (χ2n) is 6.42. The lowest BCUT2D eigenvalue weighted by atomic mass is 10.1. The smallest absolute Gasteiger partial charge is 0.257 e. The van der Waals surface area contributed by atoms with E-state index in [9.17, 15) is 4.79 Å². The molecule has 3 aromatic heterocycles. The topological polar surface area (TPSA) is 85.0 Å². The molecule has 1 atom stereocenters. The Hall–Kier alpha value is -2.97. The Bertz CT molecular complexity index is 929. The molecule has 0 saturated carbocycles. The third kappa shape index (κ3) is 2.61. The number of aryl methyl sites for hydroxylation is 2. The first-order valence-electron chi connectivity index (χ1n) is 8.21. The van der Waals surface area contributed by atoms with Crippen molar-refractivity contribution in [2.45, 2.75) is 13.0 Å². The van der Waals surface area contributed by atoms with Crippen LogP contribution in [0, 0.1) is 0 Å². The molecule has 0 bridgehead atoms.